The number of piperidine rings is 1. The third-order valence-corrected chi connectivity index (χ3v) is 6.42. The van der Waals surface area contributed by atoms with Gasteiger partial charge in [-0.1, -0.05) is 17.4 Å². The fourth-order valence-electron chi connectivity index (χ4n) is 3.74. The number of thiazole rings is 1. The van der Waals surface area contributed by atoms with Crippen molar-refractivity contribution in [3.05, 3.63) is 54.4 Å². The van der Waals surface area contributed by atoms with Crippen LogP contribution in [0, 0.1) is 12.8 Å². The van der Waals surface area contributed by atoms with Crippen LogP contribution in [-0.2, 0) is 4.79 Å². The summed E-state index contributed by atoms with van der Waals surface area (Å²) >= 11 is 1.70. The first kappa shape index (κ1) is 18.7. The van der Waals surface area contributed by atoms with Gasteiger partial charge in [0, 0.05) is 18.8 Å². The van der Waals surface area contributed by atoms with E-state index in [1.54, 1.807) is 16.0 Å². The van der Waals surface area contributed by atoms with Crippen molar-refractivity contribution >= 4 is 38.3 Å². The first-order valence-electron chi connectivity index (χ1n) is 9.92. The molecule has 3 heterocycles. The van der Waals surface area contributed by atoms with Crippen molar-refractivity contribution in [3.8, 4) is 5.69 Å². The maximum absolute atomic E-state index is 12.9. The highest BCUT2D eigenvalue weighted by molar-refractivity contribution is 7.22. The van der Waals surface area contributed by atoms with Gasteiger partial charge in [0.25, 0.3) is 0 Å². The van der Waals surface area contributed by atoms with Gasteiger partial charge in [-0.15, -0.1) is 5.10 Å². The molecule has 0 radical (unpaired) electrons. The number of carbonyl (C=O) groups is 1. The number of nitrogens with zero attached hydrogens (tertiary/aromatic N) is 6. The van der Waals surface area contributed by atoms with E-state index in [1.165, 1.54) is 16.6 Å². The van der Waals surface area contributed by atoms with Crippen LogP contribution in [0.4, 0.5) is 10.8 Å². The van der Waals surface area contributed by atoms with Gasteiger partial charge in [-0.25, -0.2) is 9.67 Å². The van der Waals surface area contributed by atoms with Gasteiger partial charge < -0.3 is 10.2 Å². The molecule has 1 amide bonds. The second kappa shape index (κ2) is 7.83. The topological polar surface area (TPSA) is 88.8 Å². The molecule has 1 unspecified atom stereocenters. The average Bonchev–Trinajstić information content (AvgIpc) is 3.44. The minimum Gasteiger partial charge on any atom is -0.347 e. The van der Waals surface area contributed by atoms with Gasteiger partial charge in [-0.05, 0) is 72.2 Å². The summed E-state index contributed by atoms with van der Waals surface area (Å²) < 4.78 is 2.77. The molecule has 0 spiro atoms. The van der Waals surface area contributed by atoms with Crippen LogP contribution < -0.4 is 10.2 Å². The van der Waals surface area contributed by atoms with Gasteiger partial charge in [0.05, 0.1) is 21.8 Å². The zero-order valence-electron chi connectivity index (χ0n) is 16.5. The van der Waals surface area contributed by atoms with Crippen LogP contribution in [0.15, 0.2) is 48.8 Å². The molecule has 0 aliphatic carbocycles. The standard InChI is InChI=1S/C21H21N7OS/c1-14-4-9-18-19(11-14)30-21(24-18)27-10-2-3-15(12-27)20(29)23-16-5-7-17(8-6-16)28-13-22-25-26-28/h4-9,11,13,15H,2-3,10,12H2,1H3,(H,23,29). The molecule has 1 atom stereocenters. The number of hydrogen-bond acceptors (Lipinski definition) is 7. The van der Waals surface area contributed by atoms with Gasteiger partial charge in [0.15, 0.2) is 5.13 Å². The van der Waals surface area contributed by atoms with Crippen molar-refractivity contribution in [1.29, 1.82) is 0 Å². The van der Waals surface area contributed by atoms with E-state index in [2.05, 4.69) is 50.9 Å². The Morgan fingerprint density at radius 2 is 2.07 bits per heavy atom. The van der Waals surface area contributed by atoms with E-state index in [0.29, 0.717) is 6.54 Å². The number of anilines is 2. The Hall–Kier alpha value is -3.33. The number of carbonyl (C=O) groups excluding carboxylic acids is 1. The van der Waals surface area contributed by atoms with Crippen molar-refractivity contribution in [2.24, 2.45) is 5.92 Å². The normalized spacial score (nSPS) is 16.7. The summed E-state index contributed by atoms with van der Waals surface area (Å²) in [5, 5.41) is 15.2. The first-order valence-corrected chi connectivity index (χ1v) is 10.7. The second-order valence-electron chi connectivity index (χ2n) is 7.54. The molecule has 2 aromatic heterocycles. The predicted octanol–water partition coefficient (Wildman–Crippen LogP) is 3.44. The Labute approximate surface area is 177 Å². The van der Waals surface area contributed by atoms with E-state index in [9.17, 15) is 4.79 Å². The Morgan fingerprint density at radius 3 is 2.87 bits per heavy atom. The monoisotopic (exact) mass is 419 g/mol. The van der Waals surface area contributed by atoms with Gasteiger partial charge in [0.1, 0.15) is 6.33 Å². The largest absolute Gasteiger partial charge is 0.347 e. The van der Waals surface area contributed by atoms with E-state index >= 15 is 0 Å². The summed E-state index contributed by atoms with van der Waals surface area (Å²) in [6.07, 6.45) is 3.40. The molecule has 2 aromatic carbocycles. The predicted molar refractivity (Wildman–Crippen MR) is 117 cm³/mol. The highest BCUT2D eigenvalue weighted by atomic mass is 32.1. The molecule has 1 saturated heterocycles. The van der Waals surface area contributed by atoms with E-state index in [0.717, 1.165) is 41.4 Å². The Kier molecular flexibility index (Phi) is 4.88. The van der Waals surface area contributed by atoms with Crippen LogP contribution in [-0.4, -0.2) is 44.2 Å². The summed E-state index contributed by atoms with van der Waals surface area (Å²) in [5.74, 6) is -0.0153. The Morgan fingerprint density at radius 1 is 1.20 bits per heavy atom. The van der Waals surface area contributed by atoms with Crippen LogP contribution in [0.3, 0.4) is 0 Å². The van der Waals surface area contributed by atoms with Gasteiger partial charge in [0.2, 0.25) is 5.91 Å². The number of rotatable bonds is 4. The Balaban J connectivity index is 1.26. The van der Waals surface area contributed by atoms with Crippen LogP contribution in [0.25, 0.3) is 15.9 Å². The molecule has 4 aromatic rings. The van der Waals surface area contributed by atoms with Crippen molar-refractivity contribution in [2.45, 2.75) is 19.8 Å². The van der Waals surface area contributed by atoms with Crippen LogP contribution in [0.1, 0.15) is 18.4 Å². The number of fused-ring (bicyclic) bond motifs is 1. The SMILES string of the molecule is Cc1ccc2nc(N3CCCC(C(=O)Nc4ccc(-n5cnnn5)cc4)C3)sc2c1. The molecule has 8 nitrogen and oxygen atoms in total. The highest BCUT2D eigenvalue weighted by Crippen LogP contribution is 2.32. The highest BCUT2D eigenvalue weighted by Gasteiger charge is 2.27. The lowest BCUT2D eigenvalue weighted by Gasteiger charge is -2.31. The molecule has 5 rings (SSSR count). The quantitative estimate of drug-likeness (QED) is 0.545. The number of aryl methyl sites for hydroxylation is 1. The van der Waals surface area contributed by atoms with Crippen molar-refractivity contribution in [3.63, 3.8) is 0 Å². The van der Waals surface area contributed by atoms with Gasteiger partial charge >= 0.3 is 0 Å². The lowest BCUT2D eigenvalue weighted by atomic mass is 9.97. The lowest BCUT2D eigenvalue weighted by Crippen LogP contribution is -2.40. The van der Waals surface area contributed by atoms with Crippen LogP contribution >= 0.6 is 11.3 Å². The fourth-order valence-corrected chi connectivity index (χ4v) is 4.84. The van der Waals surface area contributed by atoms with E-state index < -0.39 is 0 Å². The average molecular weight is 420 g/mol. The molecule has 1 aliphatic heterocycles. The number of nitrogens with one attached hydrogen (secondary N) is 1. The number of aromatic nitrogens is 5. The minimum absolute atomic E-state index is 0.0480. The number of hydrogen-bond donors (Lipinski definition) is 1. The van der Waals surface area contributed by atoms with E-state index in [1.807, 2.05) is 24.3 Å². The lowest BCUT2D eigenvalue weighted by molar-refractivity contribution is -0.120. The molecule has 1 fully saturated rings. The van der Waals surface area contributed by atoms with Crippen molar-refractivity contribution < 1.29 is 4.79 Å². The number of benzene rings is 2. The zero-order valence-corrected chi connectivity index (χ0v) is 17.3. The van der Waals surface area contributed by atoms with E-state index in [4.69, 9.17) is 4.98 Å². The molecule has 1 aliphatic rings. The number of amides is 1. The summed E-state index contributed by atoms with van der Waals surface area (Å²) in [7, 11) is 0. The van der Waals surface area contributed by atoms with E-state index in [-0.39, 0.29) is 11.8 Å². The molecule has 9 heteroatoms. The summed E-state index contributed by atoms with van der Waals surface area (Å²) in [6, 6.07) is 13.8. The maximum atomic E-state index is 12.9. The van der Waals surface area contributed by atoms with Gasteiger partial charge in [-0.3, -0.25) is 4.79 Å². The summed E-state index contributed by atoms with van der Waals surface area (Å²) in [4.78, 5) is 19.9. The fraction of sp³-hybridized carbons (Fsp3) is 0.286. The molecular formula is C21H21N7OS. The van der Waals surface area contributed by atoms with Crippen molar-refractivity contribution in [1.82, 2.24) is 25.2 Å². The molecule has 1 N–H and O–H groups in total. The minimum atomic E-state index is -0.0632. The molecule has 0 bridgehead atoms. The van der Waals surface area contributed by atoms with Crippen LogP contribution in [0.5, 0.6) is 0 Å². The third kappa shape index (κ3) is 3.76. The van der Waals surface area contributed by atoms with Crippen molar-refractivity contribution in [2.75, 3.05) is 23.3 Å². The van der Waals surface area contributed by atoms with Gasteiger partial charge in [-0.2, -0.15) is 0 Å². The zero-order chi connectivity index (χ0) is 20.5. The molecule has 30 heavy (non-hydrogen) atoms. The maximum Gasteiger partial charge on any atom is 0.229 e. The number of tetrazole rings is 1. The molecule has 152 valence electrons. The molecule has 0 saturated carbocycles. The van der Waals surface area contributed by atoms with Crippen LogP contribution in [0.2, 0.25) is 0 Å². The summed E-state index contributed by atoms with van der Waals surface area (Å²) in [6.45, 7) is 3.71. The molecular weight excluding hydrogens is 398 g/mol. The smallest absolute Gasteiger partial charge is 0.229 e. The second-order valence-corrected chi connectivity index (χ2v) is 8.55. The Bertz CT molecular complexity index is 1170. The third-order valence-electron chi connectivity index (χ3n) is 5.34. The summed E-state index contributed by atoms with van der Waals surface area (Å²) in [5.41, 5.74) is 3.87. The first-order chi connectivity index (χ1) is 14.7.